The average Bonchev–Trinajstić information content (AvgIpc) is 2.93. The van der Waals surface area contributed by atoms with Crippen LogP contribution in [0, 0.1) is 11.3 Å². The van der Waals surface area contributed by atoms with Crippen LogP contribution < -0.4 is 11.1 Å². The Morgan fingerprint density at radius 2 is 2.40 bits per heavy atom. The SMILES string of the molecule is N#CC[C@H]1CCC(Nc2c(N)cnc3ccoc23)CO1. The van der Waals surface area contributed by atoms with Crippen molar-refractivity contribution in [3.63, 3.8) is 0 Å². The van der Waals surface area contributed by atoms with Crippen molar-refractivity contribution in [3.8, 4) is 6.07 Å². The molecule has 2 atom stereocenters. The Morgan fingerprint density at radius 3 is 3.15 bits per heavy atom. The molecule has 1 fully saturated rings. The van der Waals surface area contributed by atoms with Crippen molar-refractivity contribution in [1.29, 1.82) is 5.26 Å². The Balaban J connectivity index is 1.73. The monoisotopic (exact) mass is 272 g/mol. The number of hydrogen-bond acceptors (Lipinski definition) is 6. The zero-order valence-corrected chi connectivity index (χ0v) is 11.0. The van der Waals surface area contributed by atoms with E-state index in [-0.39, 0.29) is 12.1 Å². The lowest BCUT2D eigenvalue weighted by molar-refractivity contribution is 0.0127. The first-order chi connectivity index (χ1) is 9.78. The van der Waals surface area contributed by atoms with Crippen molar-refractivity contribution in [3.05, 3.63) is 18.5 Å². The molecule has 0 saturated carbocycles. The van der Waals surface area contributed by atoms with Gasteiger partial charge in [-0.25, -0.2) is 0 Å². The van der Waals surface area contributed by atoms with Gasteiger partial charge in [0.25, 0.3) is 0 Å². The molecule has 1 saturated heterocycles. The predicted octanol–water partition coefficient (Wildman–Crippen LogP) is 2.28. The minimum atomic E-state index is 0.0523. The number of nitrogens with zero attached hydrogens (tertiary/aromatic N) is 2. The molecular weight excluding hydrogens is 256 g/mol. The molecule has 0 aliphatic carbocycles. The first kappa shape index (κ1) is 12.8. The maximum Gasteiger partial charge on any atom is 0.177 e. The van der Waals surface area contributed by atoms with E-state index < -0.39 is 0 Å². The number of pyridine rings is 1. The van der Waals surface area contributed by atoms with Gasteiger partial charge in [0, 0.05) is 12.1 Å². The number of ether oxygens (including phenoxy) is 1. The summed E-state index contributed by atoms with van der Waals surface area (Å²) in [7, 11) is 0. The molecule has 2 aromatic rings. The fourth-order valence-electron chi connectivity index (χ4n) is 2.46. The van der Waals surface area contributed by atoms with Gasteiger partial charge in [-0.05, 0) is 12.8 Å². The van der Waals surface area contributed by atoms with Crippen molar-refractivity contribution in [2.75, 3.05) is 17.7 Å². The molecule has 6 heteroatoms. The molecule has 3 N–H and O–H groups in total. The molecule has 3 rings (SSSR count). The number of rotatable bonds is 3. The van der Waals surface area contributed by atoms with E-state index >= 15 is 0 Å². The number of anilines is 2. The summed E-state index contributed by atoms with van der Waals surface area (Å²) in [6, 6.07) is 4.12. The number of nitrogen functional groups attached to an aromatic ring is 1. The largest absolute Gasteiger partial charge is 0.460 e. The summed E-state index contributed by atoms with van der Waals surface area (Å²) in [4.78, 5) is 4.20. The molecule has 2 aromatic heterocycles. The minimum Gasteiger partial charge on any atom is -0.460 e. The molecule has 0 bridgehead atoms. The Labute approximate surface area is 116 Å². The molecule has 1 aliphatic rings. The Hall–Kier alpha value is -2.26. The van der Waals surface area contributed by atoms with Gasteiger partial charge in [0.05, 0.1) is 43.3 Å². The number of hydrogen-bond donors (Lipinski definition) is 2. The van der Waals surface area contributed by atoms with E-state index in [9.17, 15) is 0 Å². The van der Waals surface area contributed by atoms with E-state index in [2.05, 4.69) is 16.4 Å². The van der Waals surface area contributed by atoms with Gasteiger partial charge < -0.3 is 20.2 Å². The first-order valence-electron chi connectivity index (χ1n) is 6.64. The third-order valence-electron chi connectivity index (χ3n) is 3.54. The fourth-order valence-corrected chi connectivity index (χ4v) is 2.46. The van der Waals surface area contributed by atoms with Crippen molar-refractivity contribution in [2.24, 2.45) is 0 Å². The molecule has 0 aromatic carbocycles. The minimum absolute atomic E-state index is 0.0523. The second kappa shape index (κ2) is 5.39. The maximum atomic E-state index is 8.67. The maximum absolute atomic E-state index is 8.67. The van der Waals surface area contributed by atoms with Crippen LogP contribution in [-0.4, -0.2) is 23.7 Å². The van der Waals surface area contributed by atoms with Gasteiger partial charge in [-0.1, -0.05) is 0 Å². The van der Waals surface area contributed by atoms with Gasteiger partial charge in [0.15, 0.2) is 5.58 Å². The highest BCUT2D eigenvalue weighted by molar-refractivity contribution is 5.92. The quantitative estimate of drug-likeness (QED) is 0.889. The summed E-state index contributed by atoms with van der Waals surface area (Å²) in [6.45, 7) is 0.566. The molecule has 0 radical (unpaired) electrons. The average molecular weight is 272 g/mol. The highest BCUT2D eigenvalue weighted by Gasteiger charge is 2.23. The van der Waals surface area contributed by atoms with Gasteiger partial charge in [-0.15, -0.1) is 0 Å². The Kier molecular flexibility index (Phi) is 3.44. The van der Waals surface area contributed by atoms with Crippen LogP contribution in [0.4, 0.5) is 11.4 Å². The zero-order valence-electron chi connectivity index (χ0n) is 11.0. The van der Waals surface area contributed by atoms with Crippen molar-refractivity contribution >= 4 is 22.5 Å². The van der Waals surface area contributed by atoms with E-state index in [0.717, 1.165) is 24.0 Å². The van der Waals surface area contributed by atoms with E-state index in [4.69, 9.17) is 20.1 Å². The van der Waals surface area contributed by atoms with Crippen LogP contribution in [0.3, 0.4) is 0 Å². The highest BCUT2D eigenvalue weighted by Crippen LogP contribution is 2.30. The summed E-state index contributed by atoms with van der Waals surface area (Å²) >= 11 is 0. The summed E-state index contributed by atoms with van der Waals surface area (Å²) in [6.07, 6.45) is 5.54. The highest BCUT2D eigenvalue weighted by atomic mass is 16.5. The molecule has 1 unspecified atom stereocenters. The van der Waals surface area contributed by atoms with Crippen molar-refractivity contribution < 1.29 is 9.15 Å². The standard InChI is InChI=1S/C14H16N4O2/c15-5-3-10-2-1-9(8-20-10)18-13-11(16)7-17-12-4-6-19-14(12)13/h4,6-7,9-10H,1-3,8,16H2,(H,17,18)/t9?,10-/m1/s1. The molecule has 0 amide bonds. The molecule has 1 aliphatic heterocycles. The lowest BCUT2D eigenvalue weighted by Gasteiger charge is -2.29. The van der Waals surface area contributed by atoms with Gasteiger partial charge >= 0.3 is 0 Å². The topological polar surface area (TPSA) is 97.1 Å². The number of nitrogens with one attached hydrogen (secondary N) is 1. The van der Waals surface area contributed by atoms with E-state index in [1.807, 2.05) is 0 Å². The zero-order chi connectivity index (χ0) is 13.9. The van der Waals surface area contributed by atoms with Gasteiger partial charge in [-0.2, -0.15) is 5.26 Å². The summed E-state index contributed by atoms with van der Waals surface area (Å²) < 4.78 is 11.1. The third-order valence-corrected chi connectivity index (χ3v) is 3.54. The summed E-state index contributed by atoms with van der Waals surface area (Å²) in [5.41, 5.74) is 8.75. The van der Waals surface area contributed by atoms with Crippen LogP contribution >= 0.6 is 0 Å². The van der Waals surface area contributed by atoms with Crippen LogP contribution in [0.1, 0.15) is 19.3 Å². The third kappa shape index (κ3) is 2.40. The normalized spacial score (nSPS) is 22.6. The Bertz CT molecular complexity index is 638. The van der Waals surface area contributed by atoms with Crippen LogP contribution in [-0.2, 0) is 4.74 Å². The second-order valence-corrected chi connectivity index (χ2v) is 4.96. The van der Waals surface area contributed by atoms with Crippen LogP contribution in [0.5, 0.6) is 0 Å². The number of furan rings is 1. The summed E-state index contributed by atoms with van der Waals surface area (Å²) in [5, 5.41) is 12.0. The van der Waals surface area contributed by atoms with Gasteiger partial charge in [0.2, 0.25) is 0 Å². The molecule has 20 heavy (non-hydrogen) atoms. The molecule has 3 heterocycles. The molecule has 0 spiro atoms. The predicted molar refractivity (Wildman–Crippen MR) is 75.0 cm³/mol. The molecular formula is C14H16N4O2. The van der Waals surface area contributed by atoms with Crippen molar-refractivity contribution in [1.82, 2.24) is 4.98 Å². The summed E-state index contributed by atoms with van der Waals surface area (Å²) in [5.74, 6) is 0. The Morgan fingerprint density at radius 1 is 1.50 bits per heavy atom. The number of fused-ring (bicyclic) bond motifs is 1. The van der Waals surface area contributed by atoms with Crippen molar-refractivity contribution in [2.45, 2.75) is 31.4 Å². The van der Waals surface area contributed by atoms with Gasteiger partial charge in [-0.3, -0.25) is 4.98 Å². The number of aromatic nitrogens is 1. The van der Waals surface area contributed by atoms with E-state index in [1.54, 1.807) is 18.5 Å². The van der Waals surface area contributed by atoms with Crippen LogP contribution in [0.25, 0.3) is 11.1 Å². The second-order valence-electron chi connectivity index (χ2n) is 4.96. The van der Waals surface area contributed by atoms with E-state index in [1.165, 1.54) is 0 Å². The van der Waals surface area contributed by atoms with Gasteiger partial charge in [0.1, 0.15) is 11.2 Å². The number of nitriles is 1. The lowest BCUT2D eigenvalue weighted by Crippen LogP contribution is -2.34. The molecule has 104 valence electrons. The van der Waals surface area contributed by atoms with Crippen LogP contribution in [0.2, 0.25) is 0 Å². The first-order valence-corrected chi connectivity index (χ1v) is 6.64. The number of nitrogens with two attached hydrogens (primary N) is 1. The lowest BCUT2D eigenvalue weighted by atomic mass is 10.0. The smallest absolute Gasteiger partial charge is 0.177 e. The van der Waals surface area contributed by atoms with Crippen LogP contribution in [0.15, 0.2) is 22.9 Å². The fraction of sp³-hybridized carbons (Fsp3) is 0.429. The molecule has 6 nitrogen and oxygen atoms in total. The van der Waals surface area contributed by atoms with E-state index in [0.29, 0.717) is 24.3 Å².